The highest BCUT2D eigenvalue weighted by Gasteiger charge is 2.47. The van der Waals surface area contributed by atoms with Gasteiger partial charge in [0, 0.05) is 18.8 Å². The van der Waals surface area contributed by atoms with Crippen LogP contribution in [-0.2, 0) is 27.6 Å². The number of carbonyl (C=O) groups excluding carboxylic acids is 4. The molecule has 1 fully saturated rings. The van der Waals surface area contributed by atoms with Gasteiger partial charge in [0.15, 0.2) is 0 Å². The van der Waals surface area contributed by atoms with Gasteiger partial charge in [0.2, 0.25) is 5.91 Å². The normalized spacial score (nSPS) is 20.7. The predicted octanol–water partition coefficient (Wildman–Crippen LogP) is 2.04. The Balaban J connectivity index is 1.76. The van der Waals surface area contributed by atoms with Crippen molar-refractivity contribution in [2.24, 2.45) is 0 Å². The van der Waals surface area contributed by atoms with Crippen molar-refractivity contribution in [2.45, 2.75) is 37.7 Å². The number of halogens is 1. The summed E-state index contributed by atoms with van der Waals surface area (Å²) in [4.78, 5) is 49.5. The first-order chi connectivity index (χ1) is 14.4. The summed E-state index contributed by atoms with van der Waals surface area (Å²) in [5.74, 6) is -1.53. The third-order valence-electron chi connectivity index (χ3n) is 5.74. The summed E-state index contributed by atoms with van der Waals surface area (Å²) in [5, 5.41) is 7.94. The Morgan fingerprint density at radius 3 is 2.57 bits per heavy atom. The van der Waals surface area contributed by atoms with Crippen molar-refractivity contribution < 1.29 is 19.2 Å². The number of carbonyl (C=O) groups is 4. The molecule has 1 atom stereocenters. The van der Waals surface area contributed by atoms with E-state index in [9.17, 15) is 19.2 Å². The van der Waals surface area contributed by atoms with Crippen LogP contribution in [0.5, 0.6) is 0 Å². The second-order valence-corrected chi connectivity index (χ2v) is 7.81. The Labute approximate surface area is 178 Å². The maximum Gasteiger partial charge on any atom is 0.259 e. The van der Waals surface area contributed by atoms with E-state index < -0.39 is 23.3 Å². The van der Waals surface area contributed by atoms with E-state index in [0.29, 0.717) is 18.0 Å². The third kappa shape index (κ3) is 3.30. The van der Waals surface area contributed by atoms with E-state index in [4.69, 9.17) is 11.6 Å². The Morgan fingerprint density at radius 1 is 1.07 bits per heavy atom. The Morgan fingerprint density at radius 2 is 1.87 bits per heavy atom. The minimum atomic E-state index is -1.32. The van der Waals surface area contributed by atoms with Crippen molar-refractivity contribution in [3.8, 4) is 0 Å². The fraction of sp³-hybridized carbons (Fsp3) is 0.273. The second kappa shape index (κ2) is 7.66. The number of aryl methyl sites for hydroxylation is 1. The number of benzene rings is 2. The smallest absolute Gasteiger partial charge is 0.259 e. The van der Waals surface area contributed by atoms with E-state index >= 15 is 0 Å². The number of rotatable bonds is 5. The van der Waals surface area contributed by atoms with Gasteiger partial charge in [0.05, 0.1) is 11.1 Å². The molecule has 154 valence electrons. The lowest BCUT2D eigenvalue weighted by Crippen LogP contribution is -2.59. The molecule has 8 heteroatoms. The first-order valence-electron chi connectivity index (χ1n) is 9.58. The van der Waals surface area contributed by atoms with Crippen LogP contribution in [0.25, 0.3) is 0 Å². The lowest BCUT2D eigenvalue weighted by atomic mass is 9.78. The SMILES string of the molecule is Cc1cc(CNC2(c3cccc4c3C(=O)NC4=O)CCC(=O)NC2=O)ccc1CCl. The monoisotopic (exact) mass is 425 g/mol. The summed E-state index contributed by atoms with van der Waals surface area (Å²) in [6, 6.07) is 10.7. The Hall–Kier alpha value is -3.03. The van der Waals surface area contributed by atoms with Gasteiger partial charge >= 0.3 is 0 Å². The molecule has 4 rings (SSSR count). The van der Waals surface area contributed by atoms with Gasteiger partial charge in [0.25, 0.3) is 17.7 Å². The molecule has 1 saturated heterocycles. The van der Waals surface area contributed by atoms with E-state index in [1.54, 1.807) is 18.2 Å². The fourth-order valence-electron chi connectivity index (χ4n) is 4.08. The zero-order chi connectivity index (χ0) is 21.5. The van der Waals surface area contributed by atoms with Crippen molar-refractivity contribution in [1.82, 2.24) is 16.0 Å². The molecule has 0 spiro atoms. The number of piperidine rings is 1. The first-order valence-corrected chi connectivity index (χ1v) is 10.1. The molecule has 2 aliphatic rings. The van der Waals surface area contributed by atoms with Crippen LogP contribution in [0.15, 0.2) is 36.4 Å². The van der Waals surface area contributed by atoms with E-state index in [0.717, 1.165) is 16.7 Å². The molecule has 3 N–H and O–H groups in total. The quantitative estimate of drug-likeness (QED) is 0.502. The summed E-state index contributed by atoms with van der Waals surface area (Å²) < 4.78 is 0. The van der Waals surface area contributed by atoms with Gasteiger partial charge in [0.1, 0.15) is 5.54 Å². The minimum absolute atomic E-state index is 0.113. The fourth-order valence-corrected chi connectivity index (χ4v) is 4.38. The summed E-state index contributed by atoms with van der Waals surface area (Å²) >= 11 is 5.93. The first kappa shape index (κ1) is 20.3. The van der Waals surface area contributed by atoms with Gasteiger partial charge in [-0.15, -0.1) is 11.6 Å². The molecule has 2 aliphatic heterocycles. The van der Waals surface area contributed by atoms with Gasteiger partial charge in [-0.05, 0) is 41.7 Å². The lowest BCUT2D eigenvalue weighted by Gasteiger charge is -2.37. The number of alkyl halides is 1. The minimum Gasteiger partial charge on any atom is -0.295 e. The highest BCUT2D eigenvalue weighted by Crippen LogP contribution is 2.35. The van der Waals surface area contributed by atoms with E-state index in [2.05, 4.69) is 16.0 Å². The second-order valence-electron chi connectivity index (χ2n) is 7.54. The van der Waals surface area contributed by atoms with Crippen LogP contribution >= 0.6 is 11.6 Å². The van der Waals surface area contributed by atoms with Crippen LogP contribution in [0.2, 0.25) is 0 Å². The molecule has 0 aliphatic carbocycles. The molecular formula is C22H20ClN3O4. The van der Waals surface area contributed by atoms with Crippen molar-refractivity contribution in [3.05, 3.63) is 69.8 Å². The van der Waals surface area contributed by atoms with Crippen molar-refractivity contribution >= 4 is 35.2 Å². The van der Waals surface area contributed by atoms with Gasteiger partial charge in [-0.2, -0.15) is 0 Å². The van der Waals surface area contributed by atoms with Crippen molar-refractivity contribution in [2.75, 3.05) is 0 Å². The number of imide groups is 2. The standard InChI is InChI=1S/C22H20ClN3O4/c1-12-9-13(5-6-14(12)10-23)11-24-22(8-7-17(27)25-21(22)30)16-4-2-3-15-18(16)20(29)26-19(15)28/h2-6,9,24H,7-8,10-11H2,1H3,(H,25,27,30)(H,26,28,29). The summed E-state index contributed by atoms with van der Waals surface area (Å²) in [6.45, 7) is 2.28. The average molecular weight is 426 g/mol. The third-order valence-corrected chi connectivity index (χ3v) is 6.02. The largest absolute Gasteiger partial charge is 0.295 e. The molecule has 0 aromatic heterocycles. The van der Waals surface area contributed by atoms with Crippen LogP contribution < -0.4 is 16.0 Å². The van der Waals surface area contributed by atoms with Gasteiger partial charge in [-0.1, -0.05) is 30.3 Å². The molecule has 0 bridgehead atoms. The molecule has 4 amide bonds. The molecule has 30 heavy (non-hydrogen) atoms. The maximum atomic E-state index is 13.1. The molecule has 2 heterocycles. The molecule has 2 aromatic rings. The van der Waals surface area contributed by atoms with Crippen LogP contribution in [-0.4, -0.2) is 23.6 Å². The molecule has 0 radical (unpaired) electrons. The highest BCUT2D eigenvalue weighted by molar-refractivity contribution is 6.23. The lowest BCUT2D eigenvalue weighted by molar-refractivity contribution is -0.139. The zero-order valence-electron chi connectivity index (χ0n) is 16.3. The topological polar surface area (TPSA) is 104 Å². The molecular weight excluding hydrogens is 406 g/mol. The average Bonchev–Trinajstić information content (AvgIpc) is 3.02. The van der Waals surface area contributed by atoms with Gasteiger partial charge in [-0.3, -0.25) is 35.1 Å². The summed E-state index contributed by atoms with van der Waals surface area (Å²) in [7, 11) is 0. The summed E-state index contributed by atoms with van der Waals surface area (Å²) in [6.07, 6.45) is 0.288. The summed E-state index contributed by atoms with van der Waals surface area (Å²) in [5.41, 5.74) is 2.46. The number of amides is 4. The number of hydrogen-bond donors (Lipinski definition) is 3. The Kier molecular flexibility index (Phi) is 5.17. The van der Waals surface area contributed by atoms with Crippen LogP contribution in [0.4, 0.5) is 0 Å². The van der Waals surface area contributed by atoms with E-state index in [1.807, 2.05) is 25.1 Å². The number of fused-ring (bicyclic) bond motifs is 1. The van der Waals surface area contributed by atoms with E-state index in [1.165, 1.54) is 0 Å². The van der Waals surface area contributed by atoms with Gasteiger partial charge in [-0.25, -0.2) is 0 Å². The highest BCUT2D eigenvalue weighted by atomic mass is 35.5. The van der Waals surface area contributed by atoms with Crippen LogP contribution in [0.1, 0.15) is 55.8 Å². The number of nitrogens with one attached hydrogen (secondary N) is 3. The van der Waals surface area contributed by atoms with E-state index in [-0.39, 0.29) is 29.9 Å². The molecule has 7 nitrogen and oxygen atoms in total. The Bertz CT molecular complexity index is 1100. The number of hydrogen-bond acceptors (Lipinski definition) is 5. The van der Waals surface area contributed by atoms with Crippen molar-refractivity contribution in [3.63, 3.8) is 0 Å². The van der Waals surface area contributed by atoms with Crippen molar-refractivity contribution in [1.29, 1.82) is 0 Å². The van der Waals surface area contributed by atoms with Crippen LogP contribution in [0.3, 0.4) is 0 Å². The predicted molar refractivity (Wildman–Crippen MR) is 110 cm³/mol. The molecule has 0 saturated carbocycles. The zero-order valence-corrected chi connectivity index (χ0v) is 17.1. The molecule has 1 unspecified atom stereocenters. The van der Waals surface area contributed by atoms with Crippen LogP contribution in [0, 0.1) is 6.92 Å². The van der Waals surface area contributed by atoms with Gasteiger partial charge < -0.3 is 0 Å². The maximum absolute atomic E-state index is 13.1. The molecule has 2 aromatic carbocycles.